The van der Waals surface area contributed by atoms with Crippen LogP contribution in [0, 0.1) is 11.8 Å². The summed E-state index contributed by atoms with van der Waals surface area (Å²) in [4.78, 5) is 0. The normalized spacial score (nSPS) is 26.1. The predicted octanol–water partition coefficient (Wildman–Crippen LogP) is 4.28. The van der Waals surface area contributed by atoms with Crippen LogP contribution >= 0.6 is 23.2 Å². The van der Waals surface area contributed by atoms with Gasteiger partial charge in [0.1, 0.15) is 5.75 Å². The molecule has 0 radical (unpaired) electrons. The molecule has 1 aliphatic rings. The lowest BCUT2D eigenvalue weighted by molar-refractivity contribution is 0.407. The maximum Gasteiger partial charge on any atom is 0.123 e. The molecule has 2 rings (SSSR count). The Bertz CT molecular complexity index is 365. The van der Waals surface area contributed by atoms with Gasteiger partial charge in [0.05, 0.1) is 12.5 Å². The maximum absolute atomic E-state index is 6.42. The van der Waals surface area contributed by atoms with Crippen LogP contribution in [0.5, 0.6) is 5.75 Å². The summed E-state index contributed by atoms with van der Waals surface area (Å²) in [5.41, 5.74) is 1.01. The van der Waals surface area contributed by atoms with Gasteiger partial charge in [-0.15, -0.1) is 11.6 Å². The van der Waals surface area contributed by atoms with Gasteiger partial charge >= 0.3 is 0 Å². The standard InChI is InChI=1S/C12H14Cl2O/c1-7-5-9(7)12(14)10-6-8(13)3-4-11(10)15-2/h3-4,6-7,9,12H,5H2,1-2H3. The number of hydrogen-bond donors (Lipinski definition) is 0. The zero-order valence-electron chi connectivity index (χ0n) is 8.84. The van der Waals surface area contributed by atoms with E-state index < -0.39 is 0 Å². The van der Waals surface area contributed by atoms with Crippen molar-refractivity contribution in [1.82, 2.24) is 0 Å². The van der Waals surface area contributed by atoms with E-state index in [1.54, 1.807) is 7.11 Å². The fourth-order valence-electron chi connectivity index (χ4n) is 1.91. The predicted molar refractivity (Wildman–Crippen MR) is 63.9 cm³/mol. The molecule has 0 bridgehead atoms. The van der Waals surface area contributed by atoms with E-state index >= 15 is 0 Å². The number of benzene rings is 1. The fourth-order valence-corrected chi connectivity index (χ4v) is 2.61. The van der Waals surface area contributed by atoms with E-state index in [2.05, 4.69) is 6.92 Å². The molecule has 1 aromatic carbocycles. The second-order valence-electron chi connectivity index (χ2n) is 4.16. The van der Waals surface area contributed by atoms with Crippen molar-refractivity contribution in [2.75, 3.05) is 7.11 Å². The molecule has 0 spiro atoms. The molecule has 1 aromatic rings. The minimum Gasteiger partial charge on any atom is -0.496 e. The minimum absolute atomic E-state index is 0.0219. The third-order valence-corrected chi connectivity index (χ3v) is 3.83. The highest BCUT2D eigenvalue weighted by molar-refractivity contribution is 6.31. The summed E-state index contributed by atoms with van der Waals surface area (Å²) in [5, 5.41) is 0.735. The number of ether oxygens (including phenoxy) is 1. The van der Waals surface area contributed by atoms with Crippen LogP contribution in [0.1, 0.15) is 24.3 Å². The van der Waals surface area contributed by atoms with Gasteiger partial charge in [0.2, 0.25) is 0 Å². The van der Waals surface area contributed by atoms with Crippen molar-refractivity contribution in [3.8, 4) is 5.75 Å². The van der Waals surface area contributed by atoms with Crippen molar-refractivity contribution in [2.45, 2.75) is 18.7 Å². The van der Waals surface area contributed by atoms with E-state index in [0.717, 1.165) is 17.2 Å². The molecule has 0 heterocycles. The molecular weight excluding hydrogens is 231 g/mol. The van der Waals surface area contributed by atoms with Gasteiger partial charge in [0, 0.05) is 10.6 Å². The Morgan fingerprint density at radius 1 is 1.47 bits per heavy atom. The van der Waals surface area contributed by atoms with Crippen LogP contribution < -0.4 is 4.74 Å². The summed E-state index contributed by atoms with van der Waals surface area (Å²) in [6, 6.07) is 5.60. The maximum atomic E-state index is 6.42. The van der Waals surface area contributed by atoms with E-state index in [1.165, 1.54) is 6.42 Å². The topological polar surface area (TPSA) is 9.23 Å². The molecule has 1 saturated carbocycles. The summed E-state index contributed by atoms with van der Waals surface area (Å²) in [7, 11) is 1.66. The number of hydrogen-bond acceptors (Lipinski definition) is 1. The Morgan fingerprint density at radius 2 is 2.13 bits per heavy atom. The molecule has 3 atom stereocenters. The zero-order valence-corrected chi connectivity index (χ0v) is 10.3. The molecule has 0 aromatic heterocycles. The first-order valence-electron chi connectivity index (χ1n) is 5.11. The monoisotopic (exact) mass is 244 g/mol. The molecule has 3 unspecified atom stereocenters. The van der Waals surface area contributed by atoms with Crippen molar-refractivity contribution in [3.05, 3.63) is 28.8 Å². The molecule has 1 nitrogen and oxygen atoms in total. The molecular formula is C12H14Cl2O. The summed E-state index contributed by atoms with van der Waals surface area (Å²) >= 11 is 12.4. The Kier molecular flexibility index (Phi) is 3.13. The second kappa shape index (κ2) is 4.23. The lowest BCUT2D eigenvalue weighted by atomic mass is 10.1. The van der Waals surface area contributed by atoms with Gasteiger partial charge in [0.25, 0.3) is 0 Å². The van der Waals surface area contributed by atoms with Gasteiger partial charge in [-0.3, -0.25) is 0 Å². The number of alkyl halides is 1. The van der Waals surface area contributed by atoms with Crippen molar-refractivity contribution >= 4 is 23.2 Å². The highest BCUT2D eigenvalue weighted by atomic mass is 35.5. The SMILES string of the molecule is COc1ccc(Cl)cc1C(Cl)C1CC1C. The van der Waals surface area contributed by atoms with Crippen molar-refractivity contribution < 1.29 is 4.74 Å². The van der Waals surface area contributed by atoms with Gasteiger partial charge in [-0.05, 0) is 36.5 Å². The van der Waals surface area contributed by atoms with Gasteiger partial charge in [-0.2, -0.15) is 0 Å². The number of rotatable bonds is 3. The van der Waals surface area contributed by atoms with Crippen LogP contribution in [0.15, 0.2) is 18.2 Å². The molecule has 0 N–H and O–H groups in total. The summed E-state index contributed by atoms with van der Waals surface area (Å²) in [6.45, 7) is 2.22. The largest absolute Gasteiger partial charge is 0.496 e. The summed E-state index contributed by atoms with van der Waals surface area (Å²) < 4.78 is 5.29. The Morgan fingerprint density at radius 3 is 2.67 bits per heavy atom. The van der Waals surface area contributed by atoms with Crippen LogP contribution in [0.4, 0.5) is 0 Å². The lowest BCUT2D eigenvalue weighted by Crippen LogP contribution is -1.98. The third kappa shape index (κ3) is 2.24. The van der Waals surface area contributed by atoms with Crippen LogP contribution in [0.3, 0.4) is 0 Å². The summed E-state index contributed by atoms with van der Waals surface area (Å²) in [6.07, 6.45) is 1.20. The Balaban J connectivity index is 2.28. The van der Waals surface area contributed by atoms with E-state index in [-0.39, 0.29) is 5.38 Å². The Hall–Kier alpha value is -0.400. The molecule has 82 valence electrons. The molecule has 1 fully saturated rings. The zero-order chi connectivity index (χ0) is 11.0. The minimum atomic E-state index is 0.0219. The quantitative estimate of drug-likeness (QED) is 0.722. The first-order chi connectivity index (χ1) is 7.13. The average Bonchev–Trinajstić information content (AvgIpc) is 2.94. The van der Waals surface area contributed by atoms with Gasteiger partial charge in [-0.1, -0.05) is 18.5 Å². The molecule has 0 saturated heterocycles. The van der Waals surface area contributed by atoms with E-state index in [0.29, 0.717) is 10.9 Å². The molecule has 3 heteroatoms. The van der Waals surface area contributed by atoms with Crippen molar-refractivity contribution in [3.63, 3.8) is 0 Å². The number of methoxy groups -OCH3 is 1. The van der Waals surface area contributed by atoms with Gasteiger partial charge < -0.3 is 4.74 Å². The highest BCUT2D eigenvalue weighted by Crippen LogP contribution is 2.52. The van der Waals surface area contributed by atoms with E-state index in [4.69, 9.17) is 27.9 Å². The fraction of sp³-hybridized carbons (Fsp3) is 0.500. The molecule has 0 aliphatic heterocycles. The smallest absolute Gasteiger partial charge is 0.123 e. The van der Waals surface area contributed by atoms with Crippen molar-refractivity contribution in [2.24, 2.45) is 11.8 Å². The Labute approximate surface area is 100 Å². The lowest BCUT2D eigenvalue weighted by Gasteiger charge is -2.14. The number of halogens is 2. The van der Waals surface area contributed by atoms with Crippen LogP contribution in [0.25, 0.3) is 0 Å². The van der Waals surface area contributed by atoms with Crippen molar-refractivity contribution in [1.29, 1.82) is 0 Å². The van der Waals surface area contributed by atoms with E-state index in [9.17, 15) is 0 Å². The first-order valence-corrected chi connectivity index (χ1v) is 5.92. The van der Waals surface area contributed by atoms with Crippen LogP contribution in [-0.4, -0.2) is 7.11 Å². The van der Waals surface area contributed by atoms with Gasteiger partial charge in [-0.25, -0.2) is 0 Å². The summed E-state index contributed by atoms with van der Waals surface area (Å²) in [5.74, 6) is 2.12. The molecule has 1 aliphatic carbocycles. The van der Waals surface area contributed by atoms with Gasteiger partial charge in [0.15, 0.2) is 0 Å². The van der Waals surface area contributed by atoms with Crippen LogP contribution in [-0.2, 0) is 0 Å². The second-order valence-corrected chi connectivity index (χ2v) is 5.07. The first kappa shape index (κ1) is 11.1. The van der Waals surface area contributed by atoms with Crippen LogP contribution in [0.2, 0.25) is 5.02 Å². The average molecular weight is 245 g/mol. The highest BCUT2D eigenvalue weighted by Gasteiger charge is 2.40. The van der Waals surface area contributed by atoms with E-state index in [1.807, 2.05) is 18.2 Å². The molecule has 0 amide bonds. The third-order valence-electron chi connectivity index (χ3n) is 3.04. The molecule has 15 heavy (non-hydrogen) atoms.